The van der Waals surface area contributed by atoms with Crippen molar-refractivity contribution in [2.45, 2.75) is 65.2 Å². The van der Waals surface area contributed by atoms with Crippen molar-refractivity contribution in [2.75, 3.05) is 25.1 Å². The van der Waals surface area contributed by atoms with Crippen molar-refractivity contribution < 1.29 is 37.0 Å². The molecule has 0 bridgehead atoms. The van der Waals surface area contributed by atoms with E-state index in [0.29, 0.717) is 43.4 Å². The molecule has 3 aromatic heterocycles. The molecule has 5 heterocycles. The van der Waals surface area contributed by atoms with E-state index in [1.165, 1.54) is 16.4 Å². The average molecular weight is 744 g/mol. The van der Waals surface area contributed by atoms with Crippen LogP contribution in [0.2, 0.25) is 5.02 Å². The maximum absolute atomic E-state index is 14.3. The maximum atomic E-state index is 14.3. The smallest absolute Gasteiger partial charge is 0.416 e. The Morgan fingerprint density at radius 2 is 1.94 bits per heavy atom. The number of aromatic hydroxyl groups is 1. The summed E-state index contributed by atoms with van der Waals surface area (Å²) in [6.45, 7) is 7.22. The normalized spacial score (nSPS) is 16.8. The number of pyridine rings is 1. The van der Waals surface area contributed by atoms with E-state index in [-0.39, 0.29) is 46.5 Å². The highest BCUT2D eigenvalue weighted by molar-refractivity contribution is 6.33. The summed E-state index contributed by atoms with van der Waals surface area (Å²) in [5.74, 6) is -2.86. The molecule has 2 N–H and O–H groups in total. The molecule has 0 unspecified atom stereocenters. The van der Waals surface area contributed by atoms with E-state index in [2.05, 4.69) is 20.4 Å². The zero-order chi connectivity index (χ0) is 37.7. The van der Waals surface area contributed by atoms with Crippen molar-refractivity contribution >= 4 is 46.5 Å². The van der Waals surface area contributed by atoms with E-state index in [0.717, 1.165) is 28.3 Å². The standard InChI is InChI=1S/C35H34ClF4N7O5/c1-5-26-22(13-19-15-34(3,4)46(16-19)32(51)28-29(49)24(37)12-18(2)41-28)31(50)47-33(43-30(44-47)20-8-10-52-11-9-20)45(26)17-27(48)42-25-7-6-21(14-23(25)36)35(38,39)40/h6-8,12-14,49H,5,9-11,15-17H2,1-4H3,(H,42,48)/b19-13+. The lowest BCUT2D eigenvalue weighted by Crippen LogP contribution is -2.43. The van der Waals surface area contributed by atoms with Crippen molar-refractivity contribution in [1.29, 1.82) is 0 Å². The first-order chi connectivity index (χ1) is 24.5. The fourth-order valence-electron chi connectivity index (χ4n) is 6.48. The molecule has 2 aliphatic heterocycles. The van der Waals surface area contributed by atoms with E-state index in [9.17, 15) is 37.1 Å². The number of hydrogen-bond acceptors (Lipinski definition) is 8. The Labute approximate surface area is 299 Å². The number of likely N-dealkylation sites (tertiary alicyclic amines) is 1. The number of carbonyl (C=O) groups excluding carboxylic acids is 2. The van der Waals surface area contributed by atoms with E-state index < -0.39 is 58.5 Å². The summed E-state index contributed by atoms with van der Waals surface area (Å²) < 4.78 is 62.0. The Balaban J connectivity index is 1.42. The van der Waals surface area contributed by atoms with Gasteiger partial charge in [-0.05, 0) is 81.5 Å². The predicted octanol–water partition coefficient (Wildman–Crippen LogP) is 5.82. The maximum Gasteiger partial charge on any atom is 0.416 e. The fourth-order valence-corrected chi connectivity index (χ4v) is 6.71. The van der Waals surface area contributed by atoms with Crippen LogP contribution in [0.3, 0.4) is 0 Å². The molecule has 0 aliphatic carbocycles. The van der Waals surface area contributed by atoms with Crippen LogP contribution in [0.25, 0.3) is 17.4 Å². The predicted molar refractivity (Wildman–Crippen MR) is 183 cm³/mol. The molecule has 0 atom stereocenters. The lowest BCUT2D eigenvalue weighted by atomic mass is 9.98. The van der Waals surface area contributed by atoms with Gasteiger partial charge in [0.25, 0.3) is 11.5 Å². The summed E-state index contributed by atoms with van der Waals surface area (Å²) in [5, 5.41) is 17.1. The van der Waals surface area contributed by atoms with Crippen LogP contribution >= 0.6 is 11.6 Å². The number of anilines is 1. The molecule has 0 spiro atoms. The largest absolute Gasteiger partial charge is 0.503 e. The van der Waals surface area contributed by atoms with Gasteiger partial charge in [0.2, 0.25) is 11.7 Å². The first kappa shape index (κ1) is 36.7. The lowest BCUT2D eigenvalue weighted by Gasteiger charge is -2.31. The topological polar surface area (TPSA) is 144 Å². The number of ether oxygens (including phenoxy) is 1. The van der Waals surface area contributed by atoms with Crippen LogP contribution in [0.4, 0.5) is 23.2 Å². The van der Waals surface area contributed by atoms with Crippen molar-refractivity contribution in [3.05, 3.63) is 91.1 Å². The van der Waals surface area contributed by atoms with Gasteiger partial charge in [-0.3, -0.25) is 14.4 Å². The second kappa shape index (κ2) is 13.8. The molecule has 52 heavy (non-hydrogen) atoms. The van der Waals surface area contributed by atoms with E-state index in [4.69, 9.17) is 16.3 Å². The number of benzene rings is 1. The fraction of sp³-hybridized carbons (Fsp3) is 0.371. The van der Waals surface area contributed by atoms with Crippen molar-refractivity contribution in [1.82, 2.24) is 29.0 Å². The molecule has 6 rings (SSSR count). The minimum Gasteiger partial charge on any atom is -0.503 e. The molecular weight excluding hydrogens is 710 g/mol. The summed E-state index contributed by atoms with van der Waals surface area (Å²) in [6, 6.07) is 3.60. The first-order valence-electron chi connectivity index (χ1n) is 16.3. The average Bonchev–Trinajstić information content (AvgIpc) is 3.66. The molecule has 1 aromatic carbocycles. The summed E-state index contributed by atoms with van der Waals surface area (Å²) in [7, 11) is 0. The van der Waals surface area contributed by atoms with Gasteiger partial charge in [0.05, 0.1) is 35.1 Å². The number of aryl methyl sites for hydroxylation is 1. The molecule has 2 aliphatic rings. The lowest BCUT2D eigenvalue weighted by molar-refractivity contribution is -0.137. The van der Waals surface area contributed by atoms with Gasteiger partial charge >= 0.3 is 6.18 Å². The van der Waals surface area contributed by atoms with Gasteiger partial charge in [-0.2, -0.15) is 22.7 Å². The van der Waals surface area contributed by atoms with Crippen LogP contribution in [-0.2, 0) is 28.7 Å². The van der Waals surface area contributed by atoms with Gasteiger partial charge in [-0.1, -0.05) is 24.6 Å². The monoisotopic (exact) mass is 743 g/mol. The molecule has 2 amide bonds. The molecular formula is C35H34ClF4N7O5. The first-order valence-corrected chi connectivity index (χ1v) is 16.7. The van der Waals surface area contributed by atoms with Gasteiger partial charge in [0.15, 0.2) is 23.1 Å². The van der Waals surface area contributed by atoms with Crippen LogP contribution in [-0.4, -0.2) is 71.3 Å². The number of nitrogens with zero attached hydrogens (tertiary/aromatic N) is 6. The van der Waals surface area contributed by atoms with Crippen LogP contribution in [0.5, 0.6) is 5.75 Å². The zero-order valence-electron chi connectivity index (χ0n) is 28.6. The van der Waals surface area contributed by atoms with Gasteiger partial charge in [-0.15, -0.1) is 5.10 Å². The van der Waals surface area contributed by atoms with Crippen molar-refractivity contribution in [3.63, 3.8) is 0 Å². The highest BCUT2D eigenvalue weighted by Gasteiger charge is 2.40. The van der Waals surface area contributed by atoms with Crippen molar-refractivity contribution in [3.8, 4) is 5.75 Å². The number of nitrogens with one attached hydrogen (secondary N) is 1. The highest BCUT2D eigenvalue weighted by atomic mass is 35.5. The quantitative estimate of drug-likeness (QED) is 0.226. The van der Waals surface area contributed by atoms with Crippen LogP contribution in [0.1, 0.15) is 72.4 Å². The highest BCUT2D eigenvalue weighted by Crippen LogP contribution is 2.37. The van der Waals surface area contributed by atoms with Gasteiger partial charge < -0.3 is 24.6 Å². The Kier molecular flexibility index (Phi) is 9.74. The minimum atomic E-state index is -4.63. The van der Waals surface area contributed by atoms with Gasteiger partial charge in [0.1, 0.15) is 6.54 Å². The number of hydrogen-bond donors (Lipinski definition) is 2. The Hall–Kier alpha value is -5.09. The second-order valence-corrected chi connectivity index (χ2v) is 13.6. The molecule has 12 nitrogen and oxygen atoms in total. The molecule has 0 radical (unpaired) electrons. The van der Waals surface area contributed by atoms with Gasteiger partial charge in [-0.25, -0.2) is 9.37 Å². The number of carbonyl (C=O) groups is 2. The third-order valence-electron chi connectivity index (χ3n) is 8.97. The summed E-state index contributed by atoms with van der Waals surface area (Å²) in [4.78, 5) is 51.5. The van der Waals surface area contributed by atoms with Gasteiger partial charge in [0, 0.05) is 23.5 Å². The molecule has 17 heteroatoms. The second-order valence-electron chi connectivity index (χ2n) is 13.2. The van der Waals surface area contributed by atoms with Crippen LogP contribution < -0.4 is 10.9 Å². The van der Waals surface area contributed by atoms with Crippen molar-refractivity contribution in [2.24, 2.45) is 0 Å². The van der Waals surface area contributed by atoms with Crippen LogP contribution in [0, 0.1) is 12.7 Å². The summed E-state index contributed by atoms with van der Waals surface area (Å²) in [5.41, 5.74) is -0.623. The number of alkyl halides is 3. The third-order valence-corrected chi connectivity index (χ3v) is 9.28. The molecule has 0 saturated carbocycles. The number of rotatable bonds is 7. The molecule has 274 valence electrons. The number of amides is 2. The third kappa shape index (κ3) is 7.04. The summed E-state index contributed by atoms with van der Waals surface area (Å²) in [6.07, 6.45) is -0.161. The van der Waals surface area contributed by atoms with E-state index in [1.54, 1.807) is 32.9 Å². The Morgan fingerprint density at radius 1 is 1.19 bits per heavy atom. The Morgan fingerprint density at radius 3 is 2.60 bits per heavy atom. The van der Waals surface area contributed by atoms with E-state index in [1.807, 2.05) is 0 Å². The number of aromatic nitrogens is 5. The van der Waals surface area contributed by atoms with Crippen LogP contribution in [0.15, 0.2) is 40.7 Å². The SMILES string of the molecule is CCc1c(/C=C2/CN(C(=O)c3nc(C)cc(F)c3O)C(C)(C)C2)c(=O)n2nc(C3=CCOCC3)nc2n1CC(=O)Nc1ccc(C(F)(F)F)cc1Cl. The molecule has 4 aromatic rings. The molecule has 1 saturated heterocycles. The minimum absolute atomic E-state index is 0.0194. The Bertz CT molecular complexity index is 2240. The van der Waals surface area contributed by atoms with E-state index >= 15 is 0 Å². The zero-order valence-corrected chi connectivity index (χ0v) is 29.3. The molecule has 1 fully saturated rings. The number of fused-ring (bicyclic) bond motifs is 1. The number of halogens is 5. The summed E-state index contributed by atoms with van der Waals surface area (Å²) >= 11 is 6.11.